The summed E-state index contributed by atoms with van der Waals surface area (Å²) in [6.45, 7) is 0.257. The van der Waals surface area contributed by atoms with Gasteiger partial charge in [-0.2, -0.15) is 5.26 Å². The minimum absolute atomic E-state index is 0.153. The predicted octanol–water partition coefficient (Wildman–Crippen LogP) is 3.45. The fourth-order valence-electron chi connectivity index (χ4n) is 1.61. The Morgan fingerprint density at radius 2 is 1.72 bits per heavy atom. The molecule has 4 heteroatoms. The van der Waals surface area contributed by atoms with Crippen molar-refractivity contribution in [1.82, 2.24) is 0 Å². The van der Waals surface area contributed by atoms with Crippen LogP contribution in [0.15, 0.2) is 42.5 Å². The van der Waals surface area contributed by atoms with Crippen molar-refractivity contribution in [3.63, 3.8) is 0 Å². The zero-order chi connectivity index (χ0) is 13.0. The summed E-state index contributed by atoms with van der Waals surface area (Å²) in [6.07, 6.45) is 0. The summed E-state index contributed by atoms with van der Waals surface area (Å²) < 4.78 is 26.7. The molecular formula is C14H10F2N2. The SMILES string of the molecule is N#Cc1cccc(CNc2c(F)cccc2F)c1. The van der Waals surface area contributed by atoms with E-state index in [2.05, 4.69) is 5.32 Å². The molecule has 2 aromatic carbocycles. The summed E-state index contributed by atoms with van der Waals surface area (Å²) in [5.74, 6) is -1.27. The van der Waals surface area contributed by atoms with Gasteiger partial charge in [0.1, 0.15) is 17.3 Å². The second-order valence-electron chi connectivity index (χ2n) is 3.76. The van der Waals surface area contributed by atoms with Crippen molar-refractivity contribution >= 4 is 5.69 Å². The van der Waals surface area contributed by atoms with Crippen molar-refractivity contribution < 1.29 is 8.78 Å². The third-order valence-electron chi connectivity index (χ3n) is 2.49. The molecule has 0 spiro atoms. The van der Waals surface area contributed by atoms with Crippen molar-refractivity contribution in [3.05, 3.63) is 65.2 Å². The summed E-state index contributed by atoms with van der Waals surface area (Å²) in [7, 11) is 0. The Kier molecular flexibility index (Phi) is 3.54. The summed E-state index contributed by atoms with van der Waals surface area (Å²) in [5.41, 5.74) is 1.15. The van der Waals surface area contributed by atoms with Crippen molar-refractivity contribution in [3.8, 4) is 6.07 Å². The molecular weight excluding hydrogens is 234 g/mol. The summed E-state index contributed by atoms with van der Waals surface area (Å²) in [5, 5.41) is 11.4. The van der Waals surface area contributed by atoms with E-state index in [4.69, 9.17) is 5.26 Å². The molecule has 90 valence electrons. The molecule has 2 nitrogen and oxygen atoms in total. The van der Waals surface area contributed by atoms with Gasteiger partial charge >= 0.3 is 0 Å². The zero-order valence-electron chi connectivity index (χ0n) is 9.45. The lowest BCUT2D eigenvalue weighted by Crippen LogP contribution is -2.03. The van der Waals surface area contributed by atoms with Crippen LogP contribution in [-0.4, -0.2) is 0 Å². The average molecular weight is 244 g/mol. The van der Waals surface area contributed by atoms with Gasteiger partial charge in [-0.3, -0.25) is 0 Å². The van der Waals surface area contributed by atoms with E-state index in [1.165, 1.54) is 18.2 Å². The second kappa shape index (κ2) is 5.28. The average Bonchev–Trinajstić information content (AvgIpc) is 2.38. The molecule has 0 aliphatic rings. The topological polar surface area (TPSA) is 35.8 Å². The van der Waals surface area contributed by atoms with E-state index >= 15 is 0 Å². The zero-order valence-corrected chi connectivity index (χ0v) is 9.45. The number of nitrogens with one attached hydrogen (secondary N) is 1. The monoisotopic (exact) mass is 244 g/mol. The van der Waals surface area contributed by atoms with Crippen molar-refractivity contribution in [2.75, 3.05) is 5.32 Å². The highest BCUT2D eigenvalue weighted by atomic mass is 19.1. The molecule has 0 aromatic heterocycles. The summed E-state index contributed by atoms with van der Waals surface area (Å²) in [6, 6.07) is 12.6. The molecule has 18 heavy (non-hydrogen) atoms. The smallest absolute Gasteiger partial charge is 0.149 e. The lowest BCUT2D eigenvalue weighted by molar-refractivity contribution is 0.588. The highest BCUT2D eigenvalue weighted by molar-refractivity contribution is 5.47. The largest absolute Gasteiger partial charge is 0.376 e. The van der Waals surface area contributed by atoms with Gasteiger partial charge in [0.05, 0.1) is 11.6 Å². The molecule has 0 fully saturated rings. The third kappa shape index (κ3) is 2.64. The number of anilines is 1. The Labute approximate surface area is 103 Å². The van der Waals surface area contributed by atoms with Crippen molar-refractivity contribution in [2.24, 2.45) is 0 Å². The fourth-order valence-corrected chi connectivity index (χ4v) is 1.61. The molecule has 2 rings (SSSR count). The molecule has 0 radical (unpaired) electrons. The highest BCUT2D eigenvalue weighted by Crippen LogP contribution is 2.19. The minimum Gasteiger partial charge on any atom is -0.376 e. The van der Waals surface area contributed by atoms with E-state index in [-0.39, 0.29) is 12.2 Å². The third-order valence-corrected chi connectivity index (χ3v) is 2.49. The van der Waals surface area contributed by atoms with E-state index in [0.717, 1.165) is 5.56 Å². The van der Waals surface area contributed by atoms with Gasteiger partial charge in [0, 0.05) is 6.54 Å². The van der Waals surface area contributed by atoms with E-state index in [1.54, 1.807) is 24.3 Å². The molecule has 0 heterocycles. The number of rotatable bonds is 3. The molecule has 0 aliphatic heterocycles. The van der Waals surface area contributed by atoms with Crippen LogP contribution in [0.5, 0.6) is 0 Å². The van der Waals surface area contributed by atoms with Crippen LogP contribution in [0.25, 0.3) is 0 Å². The van der Waals surface area contributed by atoms with Gasteiger partial charge in [0.25, 0.3) is 0 Å². The number of hydrogen-bond donors (Lipinski definition) is 1. The molecule has 0 bridgehead atoms. The molecule has 1 N–H and O–H groups in total. The quantitative estimate of drug-likeness (QED) is 0.897. The molecule has 0 saturated carbocycles. The Hall–Kier alpha value is -2.41. The van der Waals surface area contributed by atoms with Gasteiger partial charge in [-0.1, -0.05) is 18.2 Å². The maximum absolute atomic E-state index is 13.3. The van der Waals surface area contributed by atoms with Crippen molar-refractivity contribution in [2.45, 2.75) is 6.54 Å². The molecule has 0 saturated heterocycles. The number of benzene rings is 2. The first-order chi connectivity index (χ1) is 8.70. The Morgan fingerprint density at radius 3 is 2.39 bits per heavy atom. The predicted molar refractivity (Wildman–Crippen MR) is 64.8 cm³/mol. The molecule has 0 aliphatic carbocycles. The van der Waals surface area contributed by atoms with E-state index in [1.807, 2.05) is 6.07 Å². The maximum atomic E-state index is 13.3. The number of halogens is 2. The van der Waals surface area contributed by atoms with Crippen LogP contribution in [0.1, 0.15) is 11.1 Å². The Bertz CT molecular complexity index is 583. The van der Waals surface area contributed by atoms with Gasteiger partial charge in [-0.25, -0.2) is 8.78 Å². The van der Waals surface area contributed by atoms with Crippen molar-refractivity contribution in [1.29, 1.82) is 5.26 Å². The van der Waals surface area contributed by atoms with Crippen LogP contribution in [0.2, 0.25) is 0 Å². The highest BCUT2D eigenvalue weighted by Gasteiger charge is 2.07. The van der Waals surface area contributed by atoms with Gasteiger partial charge < -0.3 is 5.32 Å². The number of nitrogens with zero attached hydrogens (tertiary/aromatic N) is 1. The molecule has 2 aromatic rings. The van der Waals surface area contributed by atoms with E-state index in [0.29, 0.717) is 5.56 Å². The van der Waals surface area contributed by atoms with Gasteiger partial charge in [-0.05, 0) is 29.8 Å². The van der Waals surface area contributed by atoms with E-state index < -0.39 is 11.6 Å². The van der Waals surface area contributed by atoms with Gasteiger partial charge in [0.15, 0.2) is 0 Å². The van der Waals surface area contributed by atoms with Crippen LogP contribution >= 0.6 is 0 Å². The lowest BCUT2D eigenvalue weighted by atomic mass is 10.1. The van der Waals surface area contributed by atoms with Gasteiger partial charge in [-0.15, -0.1) is 0 Å². The summed E-state index contributed by atoms with van der Waals surface area (Å²) in [4.78, 5) is 0. The molecule has 0 atom stereocenters. The van der Waals surface area contributed by atoms with Crippen LogP contribution in [0.4, 0.5) is 14.5 Å². The van der Waals surface area contributed by atoms with Crippen LogP contribution < -0.4 is 5.32 Å². The molecule has 0 amide bonds. The first kappa shape index (κ1) is 12.1. The Morgan fingerprint density at radius 1 is 1.06 bits per heavy atom. The number of para-hydroxylation sites is 1. The summed E-state index contributed by atoms with van der Waals surface area (Å²) >= 11 is 0. The van der Waals surface area contributed by atoms with Gasteiger partial charge in [0.2, 0.25) is 0 Å². The second-order valence-corrected chi connectivity index (χ2v) is 3.76. The maximum Gasteiger partial charge on any atom is 0.149 e. The number of nitriles is 1. The Balaban J connectivity index is 2.14. The van der Waals surface area contributed by atoms with Crippen LogP contribution in [0.3, 0.4) is 0 Å². The minimum atomic E-state index is -0.633. The molecule has 0 unspecified atom stereocenters. The van der Waals surface area contributed by atoms with Crippen LogP contribution in [-0.2, 0) is 6.54 Å². The lowest BCUT2D eigenvalue weighted by Gasteiger charge is -2.08. The number of hydrogen-bond acceptors (Lipinski definition) is 2. The first-order valence-electron chi connectivity index (χ1n) is 5.37. The first-order valence-corrected chi connectivity index (χ1v) is 5.37. The van der Waals surface area contributed by atoms with E-state index in [9.17, 15) is 8.78 Å². The van der Waals surface area contributed by atoms with Crippen LogP contribution in [0, 0.1) is 23.0 Å². The fraction of sp³-hybridized carbons (Fsp3) is 0.0714. The standard InChI is InChI=1S/C14H10F2N2/c15-12-5-2-6-13(16)14(12)18-9-11-4-1-3-10(7-11)8-17/h1-7,18H,9H2. The normalized spacial score (nSPS) is 9.83.